The summed E-state index contributed by atoms with van der Waals surface area (Å²) >= 11 is 3.51. The van der Waals surface area contributed by atoms with Crippen molar-refractivity contribution in [3.05, 3.63) is 33.8 Å². The summed E-state index contributed by atoms with van der Waals surface area (Å²) in [6.45, 7) is 2.97. The minimum atomic E-state index is -0.207. The number of fused-ring (bicyclic) bond motifs is 1. The van der Waals surface area contributed by atoms with Gasteiger partial charge in [0.2, 0.25) is 0 Å². The number of nitrogens with one attached hydrogen (secondary N) is 1. The van der Waals surface area contributed by atoms with E-state index in [0.29, 0.717) is 19.6 Å². The van der Waals surface area contributed by atoms with Gasteiger partial charge in [-0.2, -0.15) is 0 Å². The first-order valence-electron chi connectivity index (χ1n) is 5.38. The molecule has 86 valence electrons. The molecule has 0 aliphatic carbocycles. The third kappa shape index (κ3) is 2.28. The normalized spacial score (nSPS) is 19.0. The van der Waals surface area contributed by atoms with Crippen LogP contribution in [0.2, 0.25) is 0 Å². The Kier molecular flexibility index (Phi) is 3.61. The van der Waals surface area contributed by atoms with Gasteiger partial charge in [-0.25, -0.2) is 0 Å². The fourth-order valence-electron chi connectivity index (χ4n) is 1.92. The van der Waals surface area contributed by atoms with Gasteiger partial charge in [0.05, 0.1) is 6.61 Å². The molecule has 0 saturated carbocycles. The topological polar surface area (TPSA) is 38.3 Å². The maximum Gasteiger partial charge on any atom is 0.323 e. The van der Waals surface area contributed by atoms with Gasteiger partial charge in [0, 0.05) is 11.0 Å². The molecular weight excluding hydrogens is 270 g/mol. The number of hydrogen-bond donors (Lipinski definition) is 1. The van der Waals surface area contributed by atoms with E-state index in [-0.39, 0.29) is 12.0 Å². The lowest BCUT2D eigenvalue weighted by Crippen LogP contribution is -2.42. The van der Waals surface area contributed by atoms with Crippen LogP contribution < -0.4 is 5.32 Å². The third-order valence-electron chi connectivity index (χ3n) is 2.74. The maximum atomic E-state index is 11.6. The molecule has 1 N–H and O–H groups in total. The van der Waals surface area contributed by atoms with Crippen LogP contribution in [0, 0.1) is 0 Å². The molecule has 0 saturated heterocycles. The van der Waals surface area contributed by atoms with Crippen LogP contribution in [0.25, 0.3) is 0 Å². The zero-order valence-corrected chi connectivity index (χ0v) is 10.7. The number of benzene rings is 1. The predicted octanol–water partition coefficient (Wildman–Crippen LogP) is 2.03. The Bertz CT molecular complexity index is 406. The summed E-state index contributed by atoms with van der Waals surface area (Å²) in [5.74, 6) is -0.159. The minimum Gasteiger partial charge on any atom is -0.465 e. The smallest absolute Gasteiger partial charge is 0.323 e. The molecule has 2 rings (SSSR count). The minimum absolute atomic E-state index is 0.159. The van der Waals surface area contributed by atoms with Crippen molar-refractivity contribution < 1.29 is 9.53 Å². The number of esters is 1. The molecule has 1 atom stereocenters. The van der Waals surface area contributed by atoms with Gasteiger partial charge in [-0.3, -0.25) is 10.1 Å². The summed E-state index contributed by atoms with van der Waals surface area (Å²) in [5, 5.41) is 3.20. The largest absolute Gasteiger partial charge is 0.465 e. The predicted molar refractivity (Wildman–Crippen MR) is 65.1 cm³/mol. The average molecular weight is 284 g/mol. The van der Waals surface area contributed by atoms with E-state index in [9.17, 15) is 4.79 Å². The van der Waals surface area contributed by atoms with Gasteiger partial charge in [-0.1, -0.05) is 28.1 Å². The monoisotopic (exact) mass is 283 g/mol. The number of rotatable bonds is 2. The molecule has 0 radical (unpaired) electrons. The van der Waals surface area contributed by atoms with Gasteiger partial charge in [0.1, 0.15) is 6.04 Å². The number of hydrogen-bond acceptors (Lipinski definition) is 3. The van der Waals surface area contributed by atoms with E-state index in [4.69, 9.17) is 4.74 Å². The first-order valence-corrected chi connectivity index (χ1v) is 6.18. The summed E-state index contributed by atoms with van der Waals surface area (Å²) < 4.78 is 6.11. The Hall–Kier alpha value is -0.870. The van der Waals surface area contributed by atoms with E-state index < -0.39 is 0 Å². The average Bonchev–Trinajstić information content (AvgIpc) is 2.29. The Labute approximate surface area is 103 Å². The molecule has 1 heterocycles. The van der Waals surface area contributed by atoms with Crippen molar-refractivity contribution >= 4 is 21.9 Å². The Balaban J connectivity index is 2.15. The summed E-state index contributed by atoms with van der Waals surface area (Å²) in [5.41, 5.74) is 2.45. The van der Waals surface area contributed by atoms with Gasteiger partial charge >= 0.3 is 5.97 Å². The molecule has 1 aromatic rings. The molecule has 0 amide bonds. The molecular formula is C12H14BrNO2. The highest BCUT2D eigenvalue weighted by molar-refractivity contribution is 9.10. The molecule has 1 aliphatic rings. The first-order chi connectivity index (χ1) is 7.72. The second-order valence-electron chi connectivity index (χ2n) is 3.77. The van der Waals surface area contributed by atoms with Crippen LogP contribution in [0.3, 0.4) is 0 Å². The quantitative estimate of drug-likeness (QED) is 0.844. The van der Waals surface area contributed by atoms with Crippen molar-refractivity contribution in [2.24, 2.45) is 0 Å². The second kappa shape index (κ2) is 4.97. The zero-order valence-electron chi connectivity index (χ0n) is 9.13. The third-order valence-corrected chi connectivity index (χ3v) is 3.48. The van der Waals surface area contributed by atoms with Crippen LogP contribution >= 0.6 is 15.9 Å². The van der Waals surface area contributed by atoms with Gasteiger partial charge < -0.3 is 4.74 Å². The molecule has 1 aliphatic heterocycles. The van der Waals surface area contributed by atoms with Crippen molar-refractivity contribution in [2.75, 3.05) is 6.61 Å². The summed E-state index contributed by atoms with van der Waals surface area (Å²) in [6, 6.07) is 5.87. The van der Waals surface area contributed by atoms with Gasteiger partial charge in [-0.05, 0) is 30.5 Å². The van der Waals surface area contributed by atoms with E-state index in [1.807, 2.05) is 19.1 Å². The lowest BCUT2D eigenvalue weighted by molar-refractivity contribution is -0.145. The van der Waals surface area contributed by atoms with E-state index in [0.717, 1.165) is 4.47 Å². The zero-order chi connectivity index (χ0) is 11.5. The number of carbonyl (C=O) groups excluding carboxylic acids is 1. The molecule has 3 nitrogen and oxygen atoms in total. The molecule has 4 heteroatoms. The number of carbonyl (C=O) groups is 1. The Morgan fingerprint density at radius 2 is 2.44 bits per heavy atom. The first kappa shape index (κ1) is 11.6. The molecule has 0 fully saturated rings. The molecule has 0 bridgehead atoms. The lowest BCUT2D eigenvalue weighted by atomic mass is 9.96. The second-order valence-corrected chi connectivity index (χ2v) is 4.62. The lowest BCUT2D eigenvalue weighted by Gasteiger charge is -2.25. The Morgan fingerprint density at radius 1 is 1.62 bits per heavy atom. The summed E-state index contributed by atoms with van der Waals surface area (Å²) in [7, 11) is 0. The van der Waals surface area contributed by atoms with Crippen LogP contribution in [0.4, 0.5) is 0 Å². The van der Waals surface area contributed by atoms with E-state index in [2.05, 4.69) is 27.3 Å². The fourth-order valence-corrected chi connectivity index (χ4v) is 2.47. The van der Waals surface area contributed by atoms with Crippen molar-refractivity contribution in [3.63, 3.8) is 0 Å². The number of halogens is 1. The highest BCUT2D eigenvalue weighted by atomic mass is 79.9. The molecule has 1 aromatic carbocycles. The van der Waals surface area contributed by atoms with Gasteiger partial charge in [0.25, 0.3) is 0 Å². The molecule has 1 unspecified atom stereocenters. The van der Waals surface area contributed by atoms with Crippen LogP contribution in [-0.2, 0) is 22.5 Å². The van der Waals surface area contributed by atoms with E-state index in [1.54, 1.807) is 0 Å². The van der Waals surface area contributed by atoms with Crippen LogP contribution in [0.1, 0.15) is 18.1 Å². The van der Waals surface area contributed by atoms with Crippen LogP contribution in [0.15, 0.2) is 22.7 Å². The van der Waals surface area contributed by atoms with Crippen molar-refractivity contribution in [3.8, 4) is 0 Å². The number of ether oxygens (including phenoxy) is 1. The summed E-state index contributed by atoms with van der Waals surface area (Å²) in [6.07, 6.45) is 0.702. The van der Waals surface area contributed by atoms with Gasteiger partial charge in [0.15, 0.2) is 0 Å². The van der Waals surface area contributed by atoms with Crippen molar-refractivity contribution in [1.29, 1.82) is 0 Å². The standard InChI is InChI=1S/C12H14BrNO2/c1-2-16-12(15)11-6-8-4-3-5-10(13)9(8)7-14-11/h3-5,11,14H,2,6-7H2,1H3. The fraction of sp³-hybridized carbons (Fsp3) is 0.417. The molecule has 0 aromatic heterocycles. The van der Waals surface area contributed by atoms with Crippen molar-refractivity contribution in [1.82, 2.24) is 5.32 Å². The van der Waals surface area contributed by atoms with E-state index >= 15 is 0 Å². The summed E-state index contributed by atoms with van der Waals surface area (Å²) in [4.78, 5) is 11.6. The van der Waals surface area contributed by atoms with E-state index in [1.165, 1.54) is 11.1 Å². The Morgan fingerprint density at radius 3 is 3.19 bits per heavy atom. The van der Waals surface area contributed by atoms with Crippen LogP contribution in [-0.4, -0.2) is 18.6 Å². The SMILES string of the molecule is CCOC(=O)C1Cc2cccc(Br)c2CN1. The van der Waals surface area contributed by atoms with Crippen molar-refractivity contribution in [2.45, 2.75) is 25.9 Å². The van der Waals surface area contributed by atoms with Crippen LogP contribution in [0.5, 0.6) is 0 Å². The maximum absolute atomic E-state index is 11.6. The van der Waals surface area contributed by atoms with Gasteiger partial charge in [-0.15, -0.1) is 0 Å². The highest BCUT2D eigenvalue weighted by Gasteiger charge is 2.25. The molecule has 0 spiro atoms. The molecule has 16 heavy (non-hydrogen) atoms. The highest BCUT2D eigenvalue weighted by Crippen LogP contribution is 2.25.